The molecule has 0 aliphatic rings. The first kappa shape index (κ1) is 64.6. The Morgan fingerprint density at radius 3 is 0.391 bits per heavy atom. The molecule has 0 bridgehead atoms. The summed E-state index contributed by atoms with van der Waals surface area (Å²) in [6.45, 7) is 22.5. The SMILES string of the molecule is CCCCCCCCCC[N](CCCCCCCCCC)[Ti]([N](CCCCCCCCCC)CCCCCCCCCC)[N](CCCCCCCCCC)CCCCCCCCCC. The van der Waals surface area contributed by atoms with E-state index in [2.05, 4.69) is 51.7 Å². The number of unbranched alkanes of at least 4 members (excludes halogenated alkanes) is 42. The zero-order valence-electron chi connectivity index (χ0n) is 46.0. The second kappa shape index (κ2) is 56.2. The third kappa shape index (κ3) is 45.1. The predicted molar refractivity (Wildman–Crippen MR) is 290 cm³/mol. The molecular formula is C60H126N3Ti. The summed E-state index contributed by atoms with van der Waals surface area (Å²) in [5, 5.41) is 0. The summed E-state index contributed by atoms with van der Waals surface area (Å²) in [5.41, 5.74) is 0. The molecule has 0 saturated heterocycles. The topological polar surface area (TPSA) is 9.72 Å². The first-order chi connectivity index (χ1) is 31.7. The van der Waals surface area contributed by atoms with Crippen LogP contribution in [0.2, 0.25) is 0 Å². The molecule has 0 radical (unpaired) electrons. The van der Waals surface area contributed by atoms with E-state index in [1.807, 2.05) is 0 Å². The van der Waals surface area contributed by atoms with Crippen molar-refractivity contribution >= 4 is 0 Å². The molecule has 0 heterocycles. The van der Waals surface area contributed by atoms with Gasteiger partial charge in [-0.05, 0) is 0 Å². The van der Waals surface area contributed by atoms with Crippen LogP contribution < -0.4 is 0 Å². The van der Waals surface area contributed by atoms with Gasteiger partial charge >= 0.3 is 418 Å². The molecule has 0 unspecified atom stereocenters. The fourth-order valence-corrected chi connectivity index (χ4v) is 15.4. The average molecular weight is 938 g/mol. The molecule has 0 N–H and O–H groups in total. The molecule has 0 aromatic heterocycles. The van der Waals surface area contributed by atoms with E-state index in [4.69, 9.17) is 0 Å². The molecule has 0 spiro atoms. The van der Waals surface area contributed by atoms with Crippen molar-refractivity contribution in [3.05, 3.63) is 0 Å². The Hall–Kier alpha value is 0.594. The van der Waals surface area contributed by atoms with Gasteiger partial charge in [-0.1, -0.05) is 0 Å². The monoisotopic (exact) mass is 937 g/mol. The van der Waals surface area contributed by atoms with E-state index in [1.165, 1.54) is 347 Å². The molecule has 0 aromatic rings. The molecule has 3 nitrogen and oxygen atoms in total. The van der Waals surface area contributed by atoms with Crippen LogP contribution in [0, 0.1) is 0 Å². The molecule has 0 amide bonds. The maximum absolute atomic E-state index is 3.29. The zero-order valence-corrected chi connectivity index (χ0v) is 47.6. The van der Waals surface area contributed by atoms with Crippen LogP contribution in [0.25, 0.3) is 0 Å². The summed E-state index contributed by atoms with van der Waals surface area (Å²) in [7, 11) is 0. The summed E-state index contributed by atoms with van der Waals surface area (Å²) in [5.74, 6) is 0. The van der Waals surface area contributed by atoms with E-state index in [1.54, 1.807) is 0 Å². The van der Waals surface area contributed by atoms with Crippen molar-refractivity contribution in [1.82, 2.24) is 10.1 Å². The Bertz CT molecular complexity index is 658. The number of hydrogen-bond acceptors (Lipinski definition) is 3. The quantitative estimate of drug-likeness (QED) is 0.0444. The fraction of sp³-hybridized carbons (Fsp3) is 1.00. The van der Waals surface area contributed by atoms with Gasteiger partial charge in [-0.2, -0.15) is 0 Å². The van der Waals surface area contributed by atoms with E-state index in [0.717, 1.165) is 0 Å². The van der Waals surface area contributed by atoms with Crippen LogP contribution in [0.1, 0.15) is 350 Å². The van der Waals surface area contributed by atoms with Crippen LogP contribution in [-0.4, -0.2) is 49.4 Å². The zero-order chi connectivity index (χ0) is 46.5. The summed E-state index contributed by atoms with van der Waals surface area (Å²) >= 11 is -1.93. The fourth-order valence-electron chi connectivity index (χ4n) is 10.2. The molecule has 0 fully saturated rings. The normalized spacial score (nSPS) is 12.0. The van der Waals surface area contributed by atoms with Crippen molar-refractivity contribution in [2.45, 2.75) is 350 Å². The summed E-state index contributed by atoms with van der Waals surface area (Å²) in [6.07, 6.45) is 69.2. The third-order valence-corrected chi connectivity index (χ3v) is 19.3. The van der Waals surface area contributed by atoms with E-state index in [9.17, 15) is 0 Å². The van der Waals surface area contributed by atoms with Gasteiger partial charge in [0.2, 0.25) is 0 Å². The molecule has 0 saturated carbocycles. The Morgan fingerprint density at radius 1 is 0.156 bits per heavy atom. The maximum atomic E-state index is 3.29. The molecule has 4 heteroatoms. The van der Waals surface area contributed by atoms with Gasteiger partial charge in [-0.3, -0.25) is 0 Å². The van der Waals surface area contributed by atoms with Crippen LogP contribution >= 0.6 is 0 Å². The van der Waals surface area contributed by atoms with Gasteiger partial charge < -0.3 is 0 Å². The second-order valence-electron chi connectivity index (χ2n) is 21.1. The molecular weight excluding hydrogens is 811 g/mol. The van der Waals surface area contributed by atoms with E-state index < -0.39 is 18.6 Å². The Kier molecular flexibility index (Phi) is 56.7. The summed E-state index contributed by atoms with van der Waals surface area (Å²) < 4.78 is 9.87. The van der Waals surface area contributed by atoms with Crippen LogP contribution in [0.5, 0.6) is 0 Å². The van der Waals surface area contributed by atoms with Gasteiger partial charge in [0.15, 0.2) is 0 Å². The Morgan fingerprint density at radius 2 is 0.266 bits per heavy atom. The Labute approximate surface area is 415 Å². The second-order valence-corrected chi connectivity index (χ2v) is 25.0. The first-order valence-corrected chi connectivity index (χ1v) is 32.9. The minimum atomic E-state index is -1.93. The minimum absolute atomic E-state index is 1.36. The molecule has 0 aliphatic heterocycles. The van der Waals surface area contributed by atoms with Crippen LogP contribution in [0.15, 0.2) is 0 Å². The van der Waals surface area contributed by atoms with Crippen molar-refractivity contribution in [3.8, 4) is 0 Å². The van der Waals surface area contributed by atoms with Gasteiger partial charge in [-0.25, -0.2) is 0 Å². The van der Waals surface area contributed by atoms with Crippen LogP contribution in [0.4, 0.5) is 0 Å². The standard InChI is InChI=1S/3C20H42N.Ti/c3*1-3-5-7-9-11-13-15-17-19-21-20-18-16-14-12-10-8-6-4-2;/h3*3-20H2,1-2H3;/q3*-1;+3. The third-order valence-electron chi connectivity index (χ3n) is 14.5. The van der Waals surface area contributed by atoms with E-state index in [0.29, 0.717) is 0 Å². The van der Waals surface area contributed by atoms with Gasteiger partial charge in [0.1, 0.15) is 0 Å². The predicted octanol–water partition coefficient (Wildman–Crippen LogP) is 21.1. The van der Waals surface area contributed by atoms with Crippen molar-refractivity contribution < 1.29 is 18.6 Å². The van der Waals surface area contributed by atoms with E-state index >= 15 is 0 Å². The summed E-state index contributed by atoms with van der Waals surface area (Å²) in [4.78, 5) is 0. The molecule has 0 aromatic carbocycles. The van der Waals surface area contributed by atoms with Crippen LogP contribution in [-0.2, 0) is 18.6 Å². The average Bonchev–Trinajstić information content (AvgIpc) is 3.30. The van der Waals surface area contributed by atoms with Crippen LogP contribution in [0.3, 0.4) is 0 Å². The molecule has 64 heavy (non-hydrogen) atoms. The van der Waals surface area contributed by atoms with Crippen molar-refractivity contribution in [1.29, 1.82) is 0 Å². The van der Waals surface area contributed by atoms with Crippen molar-refractivity contribution in [2.24, 2.45) is 0 Å². The summed E-state index contributed by atoms with van der Waals surface area (Å²) in [6, 6.07) is 0. The van der Waals surface area contributed by atoms with Gasteiger partial charge in [0, 0.05) is 0 Å². The number of nitrogens with zero attached hydrogens (tertiary/aromatic N) is 3. The van der Waals surface area contributed by atoms with Gasteiger partial charge in [0.05, 0.1) is 0 Å². The molecule has 0 atom stereocenters. The molecule has 385 valence electrons. The first-order valence-electron chi connectivity index (χ1n) is 30.8. The molecule has 0 aliphatic carbocycles. The molecule has 0 rings (SSSR count). The van der Waals surface area contributed by atoms with Gasteiger partial charge in [-0.15, -0.1) is 0 Å². The van der Waals surface area contributed by atoms with E-state index in [-0.39, 0.29) is 0 Å². The number of rotatable bonds is 57. The van der Waals surface area contributed by atoms with Crippen molar-refractivity contribution in [2.75, 3.05) is 39.3 Å². The van der Waals surface area contributed by atoms with Crippen molar-refractivity contribution in [3.63, 3.8) is 0 Å². The number of hydrogen-bond donors (Lipinski definition) is 0. The Balaban J connectivity index is 6.49. The van der Waals surface area contributed by atoms with Gasteiger partial charge in [0.25, 0.3) is 0 Å².